The Bertz CT molecular complexity index is 788. The van der Waals surface area contributed by atoms with E-state index in [9.17, 15) is 14.9 Å². The Hall–Kier alpha value is -3.21. The van der Waals surface area contributed by atoms with Crippen LogP contribution in [-0.4, -0.2) is 22.1 Å². The highest BCUT2D eigenvalue weighted by Crippen LogP contribution is 2.08. The molecule has 100 valence electrons. The topological polar surface area (TPSA) is 113 Å². The number of benzene rings is 1. The summed E-state index contributed by atoms with van der Waals surface area (Å²) < 4.78 is 1.37. The van der Waals surface area contributed by atoms with Crippen LogP contribution in [0.25, 0.3) is 11.0 Å². The minimum atomic E-state index is -0.580. The van der Waals surface area contributed by atoms with E-state index < -0.39 is 5.91 Å². The number of hydrazone groups is 1. The van der Waals surface area contributed by atoms with E-state index in [-0.39, 0.29) is 12.1 Å². The first-order valence-electron chi connectivity index (χ1n) is 5.58. The smallest absolute Gasteiger partial charge is 0.289 e. The molecule has 0 saturated carbocycles. The normalized spacial score (nSPS) is 10.6. The minimum Gasteiger partial charge on any atom is -0.427 e. The predicted octanol–water partition coefficient (Wildman–Crippen LogP) is 0.157. The molecule has 0 spiro atoms. The second kappa shape index (κ2) is 5.62. The van der Waals surface area contributed by atoms with Crippen LogP contribution in [0.15, 0.2) is 35.6 Å². The van der Waals surface area contributed by atoms with E-state index in [2.05, 4.69) is 10.5 Å². The predicted molar refractivity (Wildman–Crippen MR) is 68.5 cm³/mol. The van der Waals surface area contributed by atoms with Crippen LogP contribution in [0, 0.1) is 16.2 Å². The molecule has 1 heterocycles. The Labute approximate surface area is 112 Å². The minimum absolute atomic E-state index is 0.0796. The van der Waals surface area contributed by atoms with Crippen LogP contribution in [0.1, 0.15) is 12.1 Å². The zero-order chi connectivity index (χ0) is 14.5. The number of nitrogens with zero attached hydrogens (tertiary/aromatic N) is 4. The molecule has 0 atom stereocenters. The van der Waals surface area contributed by atoms with Crippen molar-refractivity contribution in [2.24, 2.45) is 5.10 Å². The number of nitrogens with one attached hydrogen (secondary N) is 1. The van der Waals surface area contributed by atoms with Gasteiger partial charge in [-0.05, 0) is 6.07 Å². The number of aromatic nitrogens is 2. The van der Waals surface area contributed by atoms with Gasteiger partial charge in [0.05, 0.1) is 16.7 Å². The van der Waals surface area contributed by atoms with E-state index in [4.69, 9.17) is 5.26 Å². The molecule has 8 nitrogen and oxygen atoms in total. The van der Waals surface area contributed by atoms with Gasteiger partial charge in [0.15, 0.2) is 11.2 Å². The van der Waals surface area contributed by atoms with Crippen LogP contribution >= 0.6 is 0 Å². The summed E-state index contributed by atoms with van der Waals surface area (Å²) in [6.45, 7) is 0. The van der Waals surface area contributed by atoms with E-state index in [1.807, 2.05) is 0 Å². The molecule has 0 radical (unpaired) electrons. The first-order chi connectivity index (χ1) is 9.63. The van der Waals surface area contributed by atoms with Crippen LogP contribution in [0.5, 0.6) is 0 Å². The first kappa shape index (κ1) is 13.2. The Morgan fingerprint density at radius 2 is 2.30 bits per heavy atom. The van der Waals surface area contributed by atoms with Crippen LogP contribution < -0.4 is 9.85 Å². The zero-order valence-corrected chi connectivity index (χ0v) is 10.2. The van der Waals surface area contributed by atoms with Crippen molar-refractivity contribution >= 4 is 23.2 Å². The SMILES string of the molecule is N#CCC(=O)NN=Cc1c[n+](=O)c2ccccc2n1O. The van der Waals surface area contributed by atoms with Gasteiger partial charge in [-0.3, -0.25) is 4.79 Å². The molecule has 2 rings (SSSR count). The average molecular weight is 272 g/mol. The number of fused-ring (bicyclic) bond motifs is 1. The lowest BCUT2D eigenvalue weighted by atomic mass is 10.3. The molecule has 1 aromatic heterocycles. The van der Waals surface area contributed by atoms with E-state index in [1.54, 1.807) is 30.3 Å². The Kier molecular flexibility index (Phi) is 3.72. The standard InChI is InChI=1S/C12H9N5O3/c13-6-5-12(18)15-14-7-9-8-16(19)10-3-1-2-4-11(10)17(9)20/h1-4,7-8,20H,5H2/p+1. The number of hydrogen-bond donors (Lipinski definition) is 2. The molecular formula is C12H10N5O3+. The third-order valence-electron chi connectivity index (χ3n) is 2.47. The van der Waals surface area contributed by atoms with E-state index >= 15 is 0 Å². The first-order valence-corrected chi connectivity index (χ1v) is 5.58. The van der Waals surface area contributed by atoms with Gasteiger partial charge in [-0.1, -0.05) is 12.1 Å². The zero-order valence-electron chi connectivity index (χ0n) is 10.2. The fourth-order valence-electron chi connectivity index (χ4n) is 1.58. The summed E-state index contributed by atoms with van der Waals surface area (Å²) in [5, 5.41) is 21.8. The molecule has 2 N–H and O–H groups in total. The van der Waals surface area contributed by atoms with Crippen LogP contribution in [0.2, 0.25) is 0 Å². The summed E-state index contributed by atoms with van der Waals surface area (Å²) in [5.74, 6) is -0.580. The maximum atomic E-state index is 11.8. The fraction of sp³-hybridized carbons (Fsp3) is 0.0833. The van der Waals surface area contributed by atoms with Crippen molar-refractivity contribution in [3.05, 3.63) is 41.1 Å². The number of carbonyl (C=O) groups excluding carboxylic acids is 1. The second-order valence-electron chi connectivity index (χ2n) is 3.81. The molecule has 8 heteroatoms. The van der Waals surface area contributed by atoms with Gasteiger partial charge in [0.2, 0.25) is 0 Å². The van der Waals surface area contributed by atoms with Gasteiger partial charge in [0.25, 0.3) is 17.6 Å². The third kappa shape index (κ3) is 2.62. The lowest BCUT2D eigenvalue weighted by Crippen LogP contribution is -2.22. The van der Waals surface area contributed by atoms with Crippen molar-refractivity contribution in [2.45, 2.75) is 6.42 Å². The number of rotatable bonds is 3. The summed E-state index contributed by atoms with van der Waals surface area (Å²) in [6.07, 6.45) is 1.90. The molecule has 1 amide bonds. The third-order valence-corrected chi connectivity index (χ3v) is 2.47. The Morgan fingerprint density at radius 3 is 3.05 bits per heavy atom. The molecule has 0 saturated heterocycles. The number of para-hydroxylation sites is 2. The molecular weight excluding hydrogens is 262 g/mol. The molecule has 0 bridgehead atoms. The number of carbonyl (C=O) groups is 1. The van der Waals surface area contributed by atoms with Crippen molar-refractivity contribution < 1.29 is 14.4 Å². The van der Waals surface area contributed by atoms with Crippen LogP contribution in [-0.2, 0) is 4.79 Å². The highest BCUT2D eigenvalue weighted by Gasteiger charge is 2.13. The van der Waals surface area contributed by atoms with Crippen LogP contribution in [0.4, 0.5) is 0 Å². The van der Waals surface area contributed by atoms with Crippen molar-refractivity contribution in [1.82, 2.24) is 10.2 Å². The maximum absolute atomic E-state index is 11.8. The number of hydrogen-bond acceptors (Lipinski definition) is 5. The molecule has 0 unspecified atom stereocenters. The van der Waals surface area contributed by atoms with Crippen molar-refractivity contribution in [3.8, 4) is 6.07 Å². The van der Waals surface area contributed by atoms with Gasteiger partial charge >= 0.3 is 0 Å². The van der Waals surface area contributed by atoms with E-state index in [0.717, 1.165) is 17.1 Å². The van der Waals surface area contributed by atoms with Gasteiger partial charge in [0, 0.05) is 11.0 Å². The van der Waals surface area contributed by atoms with Gasteiger partial charge in [0.1, 0.15) is 6.42 Å². The number of amides is 1. The summed E-state index contributed by atoms with van der Waals surface area (Å²) in [6, 6.07) is 8.14. The molecule has 2 aromatic rings. The molecule has 0 fully saturated rings. The van der Waals surface area contributed by atoms with Crippen LogP contribution in [0.3, 0.4) is 0 Å². The highest BCUT2D eigenvalue weighted by atomic mass is 16.5. The monoisotopic (exact) mass is 272 g/mol. The second-order valence-corrected chi connectivity index (χ2v) is 3.81. The molecule has 0 aliphatic carbocycles. The average Bonchev–Trinajstić information content (AvgIpc) is 2.44. The van der Waals surface area contributed by atoms with Gasteiger partial charge < -0.3 is 5.21 Å². The largest absolute Gasteiger partial charge is 0.427 e. The van der Waals surface area contributed by atoms with Gasteiger partial charge in [-0.25, -0.2) is 5.43 Å². The summed E-state index contributed by atoms with van der Waals surface area (Å²) in [5.41, 5.74) is 2.77. The summed E-state index contributed by atoms with van der Waals surface area (Å²) in [4.78, 5) is 22.8. The van der Waals surface area contributed by atoms with Crippen molar-refractivity contribution in [2.75, 3.05) is 0 Å². The molecule has 0 aliphatic rings. The maximum Gasteiger partial charge on any atom is 0.289 e. The van der Waals surface area contributed by atoms with E-state index in [0.29, 0.717) is 15.5 Å². The quantitative estimate of drug-likeness (QED) is 0.358. The summed E-state index contributed by atoms with van der Waals surface area (Å²) >= 11 is 0. The Morgan fingerprint density at radius 1 is 1.55 bits per heavy atom. The number of nitriles is 1. The van der Waals surface area contributed by atoms with Gasteiger partial charge in [-0.15, -0.1) is 0 Å². The fourth-order valence-corrected chi connectivity index (χ4v) is 1.58. The lowest BCUT2D eigenvalue weighted by Gasteiger charge is -2.01. The summed E-state index contributed by atoms with van der Waals surface area (Å²) in [7, 11) is 0. The molecule has 1 aromatic carbocycles. The Balaban J connectivity index is 2.34. The molecule has 0 aliphatic heterocycles. The van der Waals surface area contributed by atoms with E-state index in [1.165, 1.54) is 0 Å². The highest BCUT2D eigenvalue weighted by molar-refractivity contribution is 5.83. The van der Waals surface area contributed by atoms with Crippen molar-refractivity contribution in [3.63, 3.8) is 0 Å². The molecule has 20 heavy (non-hydrogen) atoms. The van der Waals surface area contributed by atoms with Gasteiger partial charge in [-0.2, -0.15) is 15.1 Å². The van der Waals surface area contributed by atoms with Crippen molar-refractivity contribution in [1.29, 1.82) is 5.26 Å². The lowest BCUT2D eigenvalue weighted by molar-refractivity contribution is -0.465.